The van der Waals surface area contributed by atoms with Gasteiger partial charge >= 0.3 is 0 Å². The predicted molar refractivity (Wildman–Crippen MR) is 93.0 cm³/mol. The highest BCUT2D eigenvalue weighted by Gasteiger charge is 2.10. The van der Waals surface area contributed by atoms with Gasteiger partial charge in [-0.1, -0.05) is 42.0 Å². The van der Waals surface area contributed by atoms with E-state index in [-0.39, 0.29) is 0 Å². The summed E-state index contributed by atoms with van der Waals surface area (Å²) in [6.07, 6.45) is 1.76. The van der Waals surface area contributed by atoms with Crippen LogP contribution in [-0.4, -0.2) is 22.3 Å². The van der Waals surface area contributed by atoms with Crippen LogP contribution in [0, 0.1) is 18.3 Å². The van der Waals surface area contributed by atoms with Crippen molar-refractivity contribution in [1.82, 2.24) is 15.2 Å². The Kier molecular flexibility index (Phi) is 4.39. The van der Waals surface area contributed by atoms with Crippen LogP contribution in [0.25, 0.3) is 23.0 Å². The van der Waals surface area contributed by atoms with E-state index in [1.807, 2.05) is 55.5 Å². The van der Waals surface area contributed by atoms with Gasteiger partial charge in [0.15, 0.2) is 11.6 Å². The number of nitrogens with zero attached hydrogens (tertiary/aromatic N) is 3. The van der Waals surface area contributed by atoms with Gasteiger partial charge in [-0.15, -0.1) is 0 Å². The SMILES string of the molecule is COc1ccc(C=C(C#N)c2nc(-c3ccc(C)cc3)n[nH]2)cc1. The average Bonchev–Trinajstić information content (AvgIpc) is 3.10. The van der Waals surface area contributed by atoms with Gasteiger partial charge < -0.3 is 4.74 Å². The Balaban J connectivity index is 1.90. The van der Waals surface area contributed by atoms with Crippen molar-refractivity contribution in [3.8, 4) is 23.2 Å². The van der Waals surface area contributed by atoms with Gasteiger partial charge in [0.05, 0.1) is 12.7 Å². The van der Waals surface area contributed by atoms with Gasteiger partial charge in [0.25, 0.3) is 0 Å². The van der Waals surface area contributed by atoms with E-state index < -0.39 is 0 Å². The molecule has 0 bridgehead atoms. The van der Waals surface area contributed by atoms with Crippen molar-refractivity contribution in [3.05, 3.63) is 65.5 Å². The molecule has 1 heterocycles. The quantitative estimate of drug-likeness (QED) is 0.742. The molecule has 0 aliphatic carbocycles. The Morgan fingerprint density at radius 2 is 1.83 bits per heavy atom. The number of rotatable bonds is 4. The summed E-state index contributed by atoms with van der Waals surface area (Å²) in [5, 5.41) is 16.5. The summed E-state index contributed by atoms with van der Waals surface area (Å²) in [5.41, 5.74) is 3.39. The molecule has 2 aromatic carbocycles. The van der Waals surface area contributed by atoms with Gasteiger partial charge in [0.1, 0.15) is 11.8 Å². The predicted octanol–water partition coefficient (Wildman–Crippen LogP) is 3.85. The van der Waals surface area contributed by atoms with E-state index in [0.29, 0.717) is 17.2 Å². The topological polar surface area (TPSA) is 74.6 Å². The number of aromatic amines is 1. The Morgan fingerprint density at radius 3 is 2.46 bits per heavy atom. The van der Waals surface area contributed by atoms with Crippen LogP contribution in [0.1, 0.15) is 17.0 Å². The van der Waals surface area contributed by atoms with Crippen molar-refractivity contribution in [2.24, 2.45) is 0 Å². The summed E-state index contributed by atoms with van der Waals surface area (Å²) < 4.78 is 5.13. The van der Waals surface area contributed by atoms with Gasteiger partial charge in [0, 0.05) is 5.56 Å². The minimum Gasteiger partial charge on any atom is -0.497 e. The van der Waals surface area contributed by atoms with E-state index >= 15 is 0 Å². The number of methoxy groups -OCH3 is 1. The Bertz CT molecular complexity index is 900. The fraction of sp³-hybridized carbons (Fsp3) is 0.105. The lowest BCUT2D eigenvalue weighted by Crippen LogP contribution is -1.86. The zero-order chi connectivity index (χ0) is 16.9. The molecular weight excluding hydrogens is 300 g/mol. The zero-order valence-electron chi connectivity index (χ0n) is 13.4. The molecule has 0 aliphatic heterocycles. The first-order valence-electron chi connectivity index (χ1n) is 7.45. The normalized spacial score (nSPS) is 11.1. The first-order chi connectivity index (χ1) is 11.7. The first-order valence-corrected chi connectivity index (χ1v) is 7.45. The van der Waals surface area contributed by atoms with Crippen molar-refractivity contribution in [1.29, 1.82) is 5.26 Å². The largest absolute Gasteiger partial charge is 0.497 e. The lowest BCUT2D eigenvalue weighted by molar-refractivity contribution is 0.415. The smallest absolute Gasteiger partial charge is 0.181 e. The number of nitrogens with one attached hydrogen (secondary N) is 1. The number of benzene rings is 2. The lowest BCUT2D eigenvalue weighted by Gasteiger charge is -1.99. The number of aromatic nitrogens is 3. The zero-order valence-corrected chi connectivity index (χ0v) is 13.4. The van der Waals surface area contributed by atoms with Crippen LogP contribution in [-0.2, 0) is 0 Å². The Morgan fingerprint density at radius 1 is 1.12 bits per heavy atom. The van der Waals surface area contributed by atoms with Gasteiger partial charge in [-0.05, 0) is 30.7 Å². The Hall–Kier alpha value is -3.39. The lowest BCUT2D eigenvalue weighted by atomic mass is 10.1. The summed E-state index contributed by atoms with van der Waals surface area (Å²) in [6, 6.07) is 17.5. The van der Waals surface area contributed by atoms with Crippen LogP contribution >= 0.6 is 0 Å². The first kappa shape index (κ1) is 15.5. The maximum absolute atomic E-state index is 9.43. The number of H-pyrrole nitrogens is 1. The number of allylic oxidation sites excluding steroid dienone is 1. The number of nitriles is 1. The summed E-state index contributed by atoms with van der Waals surface area (Å²) in [7, 11) is 1.62. The summed E-state index contributed by atoms with van der Waals surface area (Å²) in [5.74, 6) is 1.79. The molecule has 1 aromatic heterocycles. The van der Waals surface area contributed by atoms with Crippen molar-refractivity contribution in [2.75, 3.05) is 7.11 Å². The van der Waals surface area contributed by atoms with Crippen LogP contribution in [0.5, 0.6) is 5.75 Å². The molecule has 3 aromatic rings. The fourth-order valence-electron chi connectivity index (χ4n) is 2.23. The van der Waals surface area contributed by atoms with Crippen molar-refractivity contribution in [3.63, 3.8) is 0 Å². The van der Waals surface area contributed by atoms with Gasteiger partial charge in [0.2, 0.25) is 0 Å². The third-order valence-electron chi connectivity index (χ3n) is 3.60. The molecular formula is C19H16N4O. The molecule has 118 valence electrons. The molecule has 5 heteroatoms. The van der Waals surface area contributed by atoms with Gasteiger partial charge in [-0.25, -0.2) is 4.98 Å². The number of ether oxygens (including phenoxy) is 1. The van der Waals surface area contributed by atoms with E-state index in [4.69, 9.17) is 4.74 Å². The molecule has 24 heavy (non-hydrogen) atoms. The molecule has 0 spiro atoms. The maximum atomic E-state index is 9.43. The molecule has 0 saturated carbocycles. The van der Waals surface area contributed by atoms with Crippen molar-refractivity contribution in [2.45, 2.75) is 6.92 Å². The number of hydrogen-bond acceptors (Lipinski definition) is 4. The van der Waals surface area contributed by atoms with Gasteiger partial charge in [-0.3, -0.25) is 5.10 Å². The van der Waals surface area contributed by atoms with Crippen molar-refractivity contribution < 1.29 is 4.74 Å². The summed E-state index contributed by atoms with van der Waals surface area (Å²) in [6.45, 7) is 2.03. The summed E-state index contributed by atoms with van der Waals surface area (Å²) >= 11 is 0. The van der Waals surface area contributed by atoms with E-state index in [1.54, 1.807) is 13.2 Å². The second-order valence-electron chi connectivity index (χ2n) is 5.32. The molecule has 0 saturated heterocycles. The molecule has 3 rings (SSSR count). The highest BCUT2D eigenvalue weighted by Crippen LogP contribution is 2.20. The van der Waals surface area contributed by atoms with E-state index in [1.165, 1.54) is 5.56 Å². The minimum absolute atomic E-state index is 0.422. The van der Waals surface area contributed by atoms with Gasteiger partial charge in [-0.2, -0.15) is 10.4 Å². The third-order valence-corrected chi connectivity index (χ3v) is 3.60. The summed E-state index contributed by atoms with van der Waals surface area (Å²) in [4.78, 5) is 4.43. The molecule has 1 N–H and O–H groups in total. The highest BCUT2D eigenvalue weighted by molar-refractivity contribution is 5.87. The van der Waals surface area contributed by atoms with Crippen LogP contribution in [0.4, 0.5) is 0 Å². The fourth-order valence-corrected chi connectivity index (χ4v) is 2.23. The minimum atomic E-state index is 0.422. The maximum Gasteiger partial charge on any atom is 0.181 e. The molecule has 0 amide bonds. The molecule has 0 fully saturated rings. The molecule has 0 radical (unpaired) electrons. The van der Waals surface area contributed by atoms with Crippen molar-refractivity contribution >= 4 is 11.6 Å². The standard InChI is InChI=1S/C19H16N4O/c1-13-3-7-15(8-4-13)18-21-19(23-22-18)16(12-20)11-14-5-9-17(24-2)10-6-14/h3-11H,1-2H3,(H,21,22,23). The molecule has 0 aliphatic rings. The van der Waals surface area contributed by atoms with E-state index in [2.05, 4.69) is 21.3 Å². The number of aryl methyl sites for hydroxylation is 1. The molecule has 5 nitrogen and oxygen atoms in total. The average molecular weight is 316 g/mol. The van der Waals surface area contributed by atoms with E-state index in [0.717, 1.165) is 16.9 Å². The molecule has 0 unspecified atom stereocenters. The second kappa shape index (κ2) is 6.80. The van der Waals surface area contributed by atoms with Crippen LogP contribution in [0.15, 0.2) is 48.5 Å². The Labute approximate surface area is 140 Å². The molecule has 0 atom stereocenters. The van der Waals surface area contributed by atoms with E-state index in [9.17, 15) is 5.26 Å². The third kappa shape index (κ3) is 3.33. The van der Waals surface area contributed by atoms with Crippen LogP contribution in [0.3, 0.4) is 0 Å². The van der Waals surface area contributed by atoms with Crippen LogP contribution in [0.2, 0.25) is 0 Å². The van der Waals surface area contributed by atoms with Crippen LogP contribution < -0.4 is 4.74 Å². The monoisotopic (exact) mass is 316 g/mol. The highest BCUT2D eigenvalue weighted by atomic mass is 16.5. The second-order valence-corrected chi connectivity index (χ2v) is 5.32. The number of hydrogen-bond donors (Lipinski definition) is 1.